The molecule has 15 heavy (non-hydrogen) atoms. The van der Waals surface area contributed by atoms with Gasteiger partial charge < -0.3 is 10.8 Å². The maximum absolute atomic E-state index is 11.4. The van der Waals surface area contributed by atoms with Crippen molar-refractivity contribution < 1.29 is 13.5 Å². The van der Waals surface area contributed by atoms with E-state index in [4.69, 9.17) is 5.73 Å². The highest BCUT2D eigenvalue weighted by Crippen LogP contribution is 2.21. The van der Waals surface area contributed by atoms with Gasteiger partial charge in [0.15, 0.2) is 9.84 Å². The highest BCUT2D eigenvalue weighted by molar-refractivity contribution is 7.91. The quantitative estimate of drug-likeness (QED) is 0.785. The molecule has 0 spiro atoms. The average molecular weight is 229 g/mol. The van der Waals surface area contributed by atoms with Crippen LogP contribution >= 0.6 is 0 Å². The molecule has 0 bridgehead atoms. The lowest BCUT2D eigenvalue weighted by Gasteiger charge is -2.18. The Hall–Kier alpha value is -0.910. The fourth-order valence-corrected chi connectivity index (χ4v) is 2.12. The third kappa shape index (κ3) is 2.77. The van der Waals surface area contributed by atoms with Crippen LogP contribution in [0.5, 0.6) is 0 Å². The van der Waals surface area contributed by atoms with Gasteiger partial charge in [0.1, 0.15) is 0 Å². The zero-order valence-corrected chi connectivity index (χ0v) is 9.31. The number of benzene rings is 1. The molecule has 0 heterocycles. The average Bonchev–Trinajstić information content (AvgIpc) is 2.28. The zero-order valence-electron chi connectivity index (χ0n) is 8.50. The van der Waals surface area contributed by atoms with E-state index in [0.717, 1.165) is 0 Å². The first-order valence-electron chi connectivity index (χ1n) is 4.63. The van der Waals surface area contributed by atoms with E-state index in [1.165, 1.54) is 6.92 Å². The minimum atomic E-state index is -3.42. The van der Waals surface area contributed by atoms with Gasteiger partial charge in [0, 0.05) is 0 Å². The molecule has 0 saturated heterocycles. The van der Waals surface area contributed by atoms with Crippen molar-refractivity contribution in [3.8, 4) is 0 Å². The maximum atomic E-state index is 11.4. The fraction of sp³-hybridized carbons (Fsp3) is 0.400. The molecule has 3 N–H and O–H groups in total. The summed E-state index contributed by atoms with van der Waals surface area (Å²) in [6.07, 6.45) is -1.03. The maximum Gasteiger partial charge on any atom is 0.168 e. The van der Waals surface area contributed by atoms with Crippen molar-refractivity contribution in [1.82, 2.24) is 0 Å². The molecule has 84 valence electrons. The van der Waals surface area contributed by atoms with Crippen LogP contribution < -0.4 is 5.73 Å². The predicted octanol–water partition coefficient (Wildman–Crippen LogP) is 0.440. The van der Waals surface area contributed by atoms with Gasteiger partial charge in [0.25, 0.3) is 0 Å². The monoisotopic (exact) mass is 229 g/mol. The molecule has 1 aromatic rings. The summed E-state index contributed by atoms with van der Waals surface area (Å²) in [5.74, 6) is -0.446. The number of hydrogen-bond donors (Lipinski definition) is 2. The van der Waals surface area contributed by atoms with E-state index in [1.54, 1.807) is 30.3 Å². The second-order valence-electron chi connectivity index (χ2n) is 3.39. The van der Waals surface area contributed by atoms with Crippen molar-refractivity contribution in [3.05, 3.63) is 35.9 Å². The summed E-state index contributed by atoms with van der Waals surface area (Å²) in [5.41, 5.74) is 5.71. The first-order valence-corrected chi connectivity index (χ1v) is 6.35. The van der Waals surface area contributed by atoms with Gasteiger partial charge in [0.05, 0.1) is 17.2 Å². The zero-order chi connectivity index (χ0) is 11.5. The van der Waals surface area contributed by atoms with E-state index in [0.29, 0.717) is 5.56 Å². The van der Waals surface area contributed by atoms with Gasteiger partial charge in [-0.25, -0.2) is 8.42 Å². The van der Waals surface area contributed by atoms with Gasteiger partial charge in [-0.1, -0.05) is 30.3 Å². The smallest absolute Gasteiger partial charge is 0.168 e. The van der Waals surface area contributed by atoms with Crippen molar-refractivity contribution >= 4 is 9.84 Å². The van der Waals surface area contributed by atoms with E-state index >= 15 is 0 Å². The van der Waals surface area contributed by atoms with Gasteiger partial charge in [0.2, 0.25) is 0 Å². The van der Waals surface area contributed by atoms with Crippen LogP contribution in [0.1, 0.15) is 18.6 Å². The van der Waals surface area contributed by atoms with Gasteiger partial charge in [-0.3, -0.25) is 0 Å². The molecule has 2 atom stereocenters. The van der Waals surface area contributed by atoms with Crippen LogP contribution in [0.2, 0.25) is 0 Å². The molecule has 0 aliphatic heterocycles. The molecule has 2 unspecified atom stereocenters. The predicted molar refractivity (Wildman–Crippen MR) is 58.8 cm³/mol. The van der Waals surface area contributed by atoms with Crippen LogP contribution in [0.25, 0.3) is 0 Å². The molecule has 1 rings (SSSR count). The Morgan fingerprint density at radius 2 is 1.87 bits per heavy atom. The number of rotatable bonds is 4. The lowest BCUT2D eigenvalue weighted by molar-refractivity contribution is 0.176. The normalized spacial score (nSPS) is 15.9. The van der Waals surface area contributed by atoms with Crippen molar-refractivity contribution in [3.63, 3.8) is 0 Å². The highest BCUT2D eigenvalue weighted by Gasteiger charge is 2.27. The van der Waals surface area contributed by atoms with Crippen molar-refractivity contribution in [2.75, 3.05) is 5.88 Å². The number of nitrogens with two attached hydrogens (primary N) is 1. The summed E-state index contributed by atoms with van der Waals surface area (Å²) in [4.78, 5) is 0. The van der Waals surface area contributed by atoms with Gasteiger partial charge in [-0.05, 0) is 12.5 Å². The van der Waals surface area contributed by atoms with Gasteiger partial charge in [-0.15, -0.1) is 0 Å². The Morgan fingerprint density at radius 1 is 1.33 bits per heavy atom. The standard InChI is InChI=1S/C10H15NO3S/c1-8(15(13,14)7-11)10(12)9-5-3-2-4-6-9/h2-6,8,10,12H,7,11H2,1H3. The molecule has 0 aromatic heterocycles. The lowest BCUT2D eigenvalue weighted by atomic mass is 10.1. The molecule has 0 radical (unpaired) electrons. The minimum Gasteiger partial charge on any atom is -0.387 e. The van der Waals surface area contributed by atoms with Crippen LogP contribution in [0.4, 0.5) is 0 Å². The van der Waals surface area contributed by atoms with Crippen LogP contribution in [-0.4, -0.2) is 24.7 Å². The molecule has 0 aliphatic carbocycles. The van der Waals surface area contributed by atoms with E-state index in [2.05, 4.69) is 0 Å². The Kier molecular flexibility index (Phi) is 3.84. The van der Waals surface area contributed by atoms with Crippen molar-refractivity contribution in [2.45, 2.75) is 18.3 Å². The topological polar surface area (TPSA) is 80.4 Å². The van der Waals surface area contributed by atoms with E-state index in [1.807, 2.05) is 0 Å². The number of hydrogen-bond acceptors (Lipinski definition) is 4. The van der Waals surface area contributed by atoms with E-state index in [-0.39, 0.29) is 0 Å². The van der Waals surface area contributed by atoms with Crippen LogP contribution in [0.15, 0.2) is 30.3 Å². The second-order valence-corrected chi connectivity index (χ2v) is 5.79. The largest absolute Gasteiger partial charge is 0.387 e. The molecular formula is C10H15NO3S. The Labute approximate surface area is 89.7 Å². The molecular weight excluding hydrogens is 214 g/mol. The summed E-state index contributed by atoms with van der Waals surface area (Å²) in [5, 5.41) is 8.94. The van der Waals surface area contributed by atoms with Crippen LogP contribution in [0.3, 0.4) is 0 Å². The lowest BCUT2D eigenvalue weighted by Crippen LogP contribution is -2.30. The highest BCUT2D eigenvalue weighted by atomic mass is 32.2. The minimum absolute atomic E-state index is 0.446. The molecule has 0 amide bonds. The molecule has 0 fully saturated rings. The third-order valence-corrected chi connectivity index (χ3v) is 4.24. The van der Waals surface area contributed by atoms with Crippen LogP contribution in [0, 0.1) is 0 Å². The first-order chi connectivity index (χ1) is 6.99. The van der Waals surface area contributed by atoms with Crippen molar-refractivity contribution in [2.24, 2.45) is 5.73 Å². The SMILES string of the molecule is CC(C(O)c1ccccc1)S(=O)(=O)CN. The first kappa shape index (κ1) is 12.2. The second kappa shape index (κ2) is 4.74. The number of aliphatic hydroxyl groups excluding tert-OH is 1. The van der Waals surface area contributed by atoms with Crippen molar-refractivity contribution in [1.29, 1.82) is 0 Å². The summed E-state index contributed by atoms with van der Waals surface area (Å²) in [6.45, 7) is 1.46. The fourth-order valence-electron chi connectivity index (χ4n) is 1.27. The molecule has 4 nitrogen and oxygen atoms in total. The molecule has 5 heteroatoms. The summed E-state index contributed by atoms with van der Waals surface area (Å²) in [7, 11) is -3.42. The number of sulfone groups is 1. The third-order valence-electron chi connectivity index (χ3n) is 2.38. The summed E-state index contributed by atoms with van der Waals surface area (Å²) in [6, 6.07) is 8.68. The van der Waals surface area contributed by atoms with Gasteiger partial charge >= 0.3 is 0 Å². The Bertz CT molecular complexity index is 402. The van der Waals surface area contributed by atoms with E-state index in [9.17, 15) is 13.5 Å². The Balaban J connectivity index is 2.92. The Morgan fingerprint density at radius 3 is 2.33 bits per heavy atom. The summed E-state index contributed by atoms with van der Waals surface area (Å²) >= 11 is 0. The molecule has 0 saturated carbocycles. The van der Waals surface area contributed by atoms with Crippen LogP contribution in [-0.2, 0) is 9.84 Å². The molecule has 0 aliphatic rings. The van der Waals surface area contributed by atoms with E-state index < -0.39 is 27.1 Å². The summed E-state index contributed by atoms with van der Waals surface area (Å²) < 4.78 is 22.9. The number of aliphatic hydroxyl groups is 1. The molecule has 1 aromatic carbocycles. The van der Waals surface area contributed by atoms with Gasteiger partial charge in [-0.2, -0.15) is 0 Å².